The highest BCUT2D eigenvalue weighted by molar-refractivity contribution is 5.91. The van der Waals surface area contributed by atoms with E-state index in [4.69, 9.17) is 4.74 Å². The summed E-state index contributed by atoms with van der Waals surface area (Å²) in [5, 5.41) is 4.41. The number of rotatable bonds is 2. The molecule has 1 aromatic carbocycles. The maximum atomic E-state index is 11.8. The van der Waals surface area contributed by atoms with Crippen LogP contribution in [0.4, 0.5) is 4.79 Å². The Bertz CT molecular complexity index is 537. The van der Waals surface area contributed by atoms with E-state index in [9.17, 15) is 4.79 Å². The second-order valence-corrected chi connectivity index (χ2v) is 6.66. The quantitative estimate of drug-likeness (QED) is 0.844. The average Bonchev–Trinajstić information content (AvgIpc) is 2.47. The molecule has 4 heteroatoms. The van der Waals surface area contributed by atoms with Crippen LogP contribution in [0.2, 0.25) is 0 Å². The Balaban J connectivity index is 1.40. The molecule has 4 fully saturated rings. The van der Waals surface area contributed by atoms with Crippen LogP contribution >= 0.6 is 0 Å². The van der Waals surface area contributed by atoms with Crippen LogP contribution in [0.3, 0.4) is 0 Å². The third kappa shape index (κ3) is 2.55. The molecule has 1 N–H and O–H groups in total. The van der Waals surface area contributed by atoms with Gasteiger partial charge in [0.15, 0.2) is 0 Å². The summed E-state index contributed by atoms with van der Waals surface area (Å²) in [5.74, 6) is 3.54. The molecular formula is C17H20N2O2. The second-order valence-electron chi connectivity index (χ2n) is 6.66. The Morgan fingerprint density at radius 2 is 1.62 bits per heavy atom. The van der Waals surface area contributed by atoms with Crippen molar-refractivity contribution >= 4 is 11.8 Å². The molecule has 0 heterocycles. The fourth-order valence-electron chi connectivity index (χ4n) is 4.58. The zero-order chi connectivity index (χ0) is 14.2. The lowest BCUT2D eigenvalue weighted by molar-refractivity contribution is 0.108. The molecule has 4 nitrogen and oxygen atoms in total. The van der Waals surface area contributed by atoms with E-state index >= 15 is 0 Å². The number of para-hydroxylation sites is 1. The van der Waals surface area contributed by atoms with Gasteiger partial charge in [-0.2, -0.15) is 5.10 Å². The van der Waals surface area contributed by atoms with Gasteiger partial charge in [-0.15, -0.1) is 0 Å². The number of nitrogens with zero attached hydrogens (tertiary/aromatic N) is 1. The molecule has 21 heavy (non-hydrogen) atoms. The van der Waals surface area contributed by atoms with Crippen LogP contribution in [0.5, 0.6) is 5.75 Å². The van der Waals surface area contributed by atoms with Crippen molar-refractivity contribution in [3.63, 3.8) is 0 Å². The molecule has 4 bridgehead atoms. The molecule has 5 rings (SSSR count). The summed E-state index contributed by atoms with van der Waals surface area (Å²) >= 11 is 0. The molecule has 4 aliphatic rings. The Morgan fingerprint density at radius 3 is 2.24 bits per heavy atom. The topological polar surface area (TPSA) is 50.7 Å². The van der Waals surface area contributed by atoms with Crippen LogP contribution in [-0.2, 0) is 0 Å². The summed E-state index contributed by atoms with van der Waals surface area (Å²) in [5.41, 5.74) is 3.80. The fourth-order valence-corrected chi connectivity index (χ4v) is 4.58. The average molecular weight is 284 g/mol. The van der Waals surface area contributed by atoms with Crippen molar-refractivity contribution in [2.45, 2.75) is 32.1 Å². The van der Waals surface area contributed by atoms with Gasteiger partial charge in [-0.3, -0.25) is 0 Å². The largest absolute Gasteiger partial charge is 0.433 e. The zero-order valence-electron chi connectivity index (χ0n) is 12.0. The maximum absolute atomic E-state index is 11.8. The first kappa shape index (κ1) is 12.9. The summed E-state index contributed by atoms with van der Waals surface area (Å²) < 4.78 is 5.20. The summed E-state index contributed by atoms with van der Waals surface area (Å²) in [6.45, 7) is 0. The smallest absolute Gasteiger partial charge is 0.409 e. The highest BCUT2D eigenvalue weighted by Gasteiger charge is 2.46. The van der Waals surface area contributed by atoms with Gasteiger partial charge in [0, 0.05) is 5.71 Å². The molecule has 0 aromatic heterocycles. The SMILES string of the molecule is O=C(NN=C1C2CC3CC(C2)CC1C3)Oc1ccccc1. The summed E-state index contributed by atoms with van der Waals surface area (Å²) in [4.78, 5) is 11.8. The van der Waals surface area contributed by atoms with E-state index in [2.05, 4.69) is 10.5 Å². The standard InChI is InChI=1S/C17H20N2O2/c20-17(21-15-4-2-1-3-5-15)19-18-16-13-7-11-6-12(9-13)10-14(16)8-11/h1-5,11-14H,6-10H2,(H,19,20). The first-order valence-corrected chi connectivity index (χ1v) is 7.88. The number of hydrogen-bond donors (Lipinski definition) is 1. The predicted octanol–water partition coefficient (Wildman–Crippen LogP) is 3.59. The lowest BCUT2D eigenvalue weighted by Gasteiger charge is -2.50. The van der Waals surface area contributed by atoms with Crippen molar-refractivity contribution in [1.82, 2.24) is 5.43 Å². The van der Waals surface area contributed by atoms with E-state index in [1.807, 2.05) is 18.2 Å². The Morgan fingerprint density at radius 1 is 1.00 bits per heavy atom. The number of nitrogens with one attached hydrogen (secondary N) is 1. The van der Waals surface area contributed by atoms with Gasteiger partial charge in [0.2, 0.25) is 0 Å². The van der Waals surface area contributed by atoms with Gasteiger partial charge in [-0.25, -0.2) is 10.2 Å². The summed E-state index contributed by atoms with van der Waals surface area (Å²) in [6.07, 6.45) is 5.98. The van der Waals surface area contributed by atoms with Gasteiger partial charge in [0.25, 0.3) is 0 Å². The molecule has 0 spiro atoms. The third-order valence-corrected chi connectivity index (χ3v) is 5.20. The molecule has 0 aliphatic heterocycles. The monoisotopic (exact) mass is 284 g/mol. The summed E-state index contributed by atoms with van der Waals surface area (Å²) in [7, 11) is 0. The van der Waals surface area contributed by atoms with Crippen LogP contribution in [0.15, 0.2) is 35.4 Å². The van der Waals surface area contributed by atoms with Crippen molar-refractivity contribution in [2.24, 2.45) is 28.8 Å². The van der Waals surface area contributed by atoms with Crippen molar-refractivity contribution in [3.8, 4) is 5.75 Å². The van der Waals surface area contributed by atoms with Crippen LogP contribution < -0.4 is 10.2 Å². The zero-order valence-corrected chi connectivity index (χ0v) is 12.0. The van der Waals surface area contributed by atoms with Gasteiger partial charge in [-0.05, 0) is 67.9 Å². The van der Waals surface area contributed by atoms with E-state index < -0.39 is 6.09 Å². The first-order valence-electron chi connectivity index (χ1n) is 7.88. The molecule has 110 valence electrons. The van der Waals surface area contributed by atoms with Gasteiger partial charge >= 0.3 is 6.09 Å². The van der Waals surface area contributed by atoms with Crippen molar-refractivity contribution < 1.29 is 9.53 Å². The van der Waals surface area contributed by atoms with Crippen LogP contribution in [0, 0.1) is 23.7 Å². The Kier molecular flexibility index (Phi) is 3.17. The predicted molar refractivity (Wildman–Crippen MR) is 80.1 cm³/mol. The number of hydrogen-bond acceptors (Lipinski definition) is 3. The number of benzene rings is 1. The van der Waals surface area contributed by atoms with Gasteiger partial charge in [-0.1, -0.05) is 18.2 Å². The minimum Gasteiger partial charge on any atom is -0.409 e. The highest BCUT2D eigenvalue weighted by atomic mass is 16.6. The molecule has 1 amide bonds. The van der Waals surface area contributed by atoms with Gasteiger partial charge in [0.05, 0.1) is 0 Å². The number of carbonyl (C=O) groups excluding carboxylic acids is 1. The molecule has 0 saturated heterocycles. The van der Waals surface area contributed by atoms with Gasteiger partial charge in [0.1, 0.15) is 5.75 Å². The molecule has 0 unspecified atom stereocenters. The molecular weight excluding hydrogens is 264 g/mol. The minimum absolute atomic E-state index is 0.498. The molecule has 1 aromatic rings. The van der Waals surface area contributed by atoms with Crippen LogP contribution in [0.25, 0.3) is 0 Å². The number of carbonyl (C=O) groups is 1. The Hall–Kier alpha value is -1.84. The number of hydrazone groups is 1. The van der Waals surface area contributed by atoms with Crippen molar-refractivity contribution in [2.75, 3.05) is 0 Å². The normalized spacial score (nSPS) is 32.9. The van der Waals surface area contributed by atoms with E-state index in [0.29, 0.717) is 17.6 Å². The number of ether oxygens (including phenoxy) is 1. The van der Waals surface area contributed by atoms with Gasteiger partial charge < -0.3 is 4.74 Å². The molecule has 4 saturated carbocycles. The third-order valence-electron chi connectivity index (χ3n) is 5.20. The van der Waals surface area contributed by atoms with E-state index in [1.54, 1.807) is 12.1 Å². The van der Waals surface area contributed by atoms with E-state index in [-0.39, 0.29) is 0 Å². The van der Waals surface area contributed by atoms with E-state index in [0.717, 1.165) is 11.8 Å². The molecule has 4 aliphatic carbocycles. The first-order chi connectivity index (χ1) is 10.3. The van der Waals surface area contributed by atoms with Crippen LogP contribution in [0.1, 0.15) is 32.1 Å². The fraction of sp³-hybridized carbons (Fsp3) is 0.529. The molecule has 0 atom stereocenters. The van der Waals surface area contributed by atoms with Crippen LogP contribution in [-0.4, -0.2) is 11.8 Å². The minimum atomic E-state index is -0.498. The van der Waals surface area contributed by atoms with Crippen molar-refractivity contribution in [1.29, 1.82) is 0 Å². The lowest BCUT2D eigenvalue weighted by Crippen LogP contribution is -2.46. The van der Waals surface area contributed by atoms with Crippen molar-refractivity contribution in [3.05, 3.63) is 30.3 Å². The highest BCUT2D eigenvalue weighted by Crippen LogP contribution is 2.52. The van der Waals surface area contributed by atoms with E-state index in [1.165, 1.54) is 37.8 Å². The number of amides is 1. The lowest BCUT2D eigenvalue weighted by atomic mass is 9.55. The second kappa shape index (κ2) is 5.17. The maximum Gasteiger partial charge on any atom is 0.433 e. The summed E-state index contributed by atoms with van der Waals surface area (Å²) in [6, 6.07) is 9.09. The Labute approximate surface area is 124 Å². The molecule has 0 radical (unpaired) electrons.